The summed E-state index contributed by atoms with van der Waals surface area (Å²) in [6.45, 7) is 1.48. The lowest BCUT2D eigenvalue weighted by atomic mass is 10.1. The molecule has 2 aromatic rings. The third-order valence-electron chi connectivity index (χ3n) is 4.11. The van der Waals surface area contributed by atoms with Gasteiger partial charge in [-0.05, 0) is 24.3 Å². The van der Waals surface area contributed by atoms with Crippen molar-refractivity contribution in [3.8, 4) is 34.5 Å². The van der Waals surface area contributed by atoms with Crippen LogP contribution in [0.2, 0.25) is 0 Å². The number of esters is 2. The summed E-state index contributed by atoms with van der Waals surface area (Å²) in [5, 5.41) is 48.4. The van der Waals surface area contributed by atoms with Crippen LogP contribution in [0.5, 0.6) is 34.5 Å². The topological polar surface area (TPSA) is 181 Å². The first kappa shape index (κ1) is 25.5. The fourth-order valence-electron chi connectivity index (χ4n) is 2.42. The van der Waals surface area contributed by atoms with Gasteiger partial charge in [0.25, 0.3) is 0 Å². The fraction of sp³-hybridized carbons (Fsp3) is 0.333. The lowest BCUT2D eigenvalue weighted by Crippen LogP contribution is -2.14. The zero-order valence-corrected chi connectivity index (χ0v) is 17.6. The second-order valence-electron chi connectivity index (χ2n) is 6.41. The Bertz CT molecular complexity index is 972. The highest BCUT2D eigenvalue weighted by Crippen LogP contribution is 2.40. The van der Waals surface area contributed by atoms with Crippen molar-refractivity contribution >= 4 is 11.9 Å². The molecular weight excluding hydrogens is 444 g/mol. The quantitative estimate of drug-likeness (QED) is 0.130. The Kier molecular flexibility index (Phi) is 9.54. The number of methoxy groups -OCH3 is 1. The summed E-state index contributed by atoms with van der Waals surface area (Å²) in [6.07, 6.45) is 0. The van der Waals surface area contributed by atoms with Gasteiger partial charge in [0.05, 0.1) is 38.6 Å². The Labute approximate surface area is 188 Å². The van der Waals surface area contributed by atoms with Crippen molar-refractivity contribution in [2.75, 3.05) is 46.8 Å². The average Bonchev–Trinajstić information content (AvgIpc) is 2.79. The molecule has 0 aromatic heterocycles. The monoisotopic (exact) mass is 468 g/mol. The largest absolute Gasteiger partial charge is 0.504 e. The summed E-state index contributed by atoms with van der Waals surface area (Å²) in [4.78, 5) is 24.5. The molecule has 33 heavy (non-hydrogen) atoms. The molecule has 0 saturated heterocycles. The third kappa shape index (κ3) is 7.14. The zero-order chi connectivity index (χ0) is 24.4. The lowest BCUT2D eigenvalue weighted by Gasteiger charge is -2.12. The van der Waals surface area contributed by atoms with Gasteiger partial charge in [0, 0.05) is 7.11 Å². The first-order chi connectivity index (χ1) is 15.8. The second kappa shape index (κ2) is 12.3. The molecule has 0 fully saturated rings. The van der Waals surface area contributed by atoms with Crippen molar-refractivity contribution in [3.05, 3.63) is 35.4 Å². The van der Waals surface area contributed by atoms with Gasteiger partial charge in [-0.15, -0.1) is 0 Å². The minimum Gasteiger partial charge on any atom is -0.504 e. The van der Waals surface area contributed by atoms with Gasteiger partial charge in [-0.3, -0.25) is 0 Å². The highest BCUT2D eigenvalue weighted by Gasteiger charge is 2.23. The molecule has 0 heterocycles. The number of hydrogen-bond acceptors (Lipinski definition) is 12. The Morgan fingerprint density at radius 1 is 0.727 bits per heavy atom. The van der Waals surface area contributed by atoms with Crippen molar-refractivity contribution in [1.82, 2.24) is 0 Å². The van der Waals surface area contributed by atoms with Gasteiger partial charge in [-0.25, -0.2) is 9.59 Å². The van der Waals surface area contributed by atoms with Crippen LogP contribution < -0.4 is 4.74 Å². The van der Waals surface area contributed by atoms with E-state index in [1.54, 1.807) is 7.11 Å². The normalized spacial score (nSPS) is 10.7. The number of hydrogen-bond donors (Lipinski definition) is 5. The molecule has 2 aromatic carbocycles. The average molecular weight is 468 g/mol. The van der Waals surface area contributed by atoms with Crippen molar-refractivity contribution < 1.29 is 58.8 Å². The summed E-state index contributed by atoms with van der Waals surface area (Å²) < 4.78 is 25.2. The molecule has 0 bridgehead atoms. The number of carbonyl (C=O) groups excluding carboxylic acids is 2. The molecule has 0 atom stereocenters. The predicted octanol–water partition coefficient (Wildman–Crippen LogP) is 1.27. The smallest absolute Gasteiger partial charge is 0.347 e. The third-order valence-corrected chi connectivity index (χ3v) is 4.11. The van der Waals surface area contributed by atoms with Gasteiger partial charge in [0.1, 0.15) is 12.2 Å². The maximum atomic E-state index is 12.3. The van der Waals surface area contributed by atoms with E-state index in [1.807, 2.05) is 0 Å². The van der Waals surface area contributed by atoms with Gasteiger partial charge in [-0.1, -0.05) is 0 Å². The molecule has 12 nitrogen and oxygen atoms in total. The zero-order valence-electron chi connectivity index (χ0n) is 17.6. The molecule has 180 valence electrons. The van der Waals surface area contributed by atoms with E-state index < -0.39 is 52.0 Å². The number of phenols is 5. The molecule has 2 rings (SSSR count). The van der Waals surface area contributed by atoms with Gasteiger partial charge >= 0.3 is 11.9 Å². The van der Waals surface area contributed by atoms with Gasteiger partial charge in [0.2, 0.25) is 11.5 Å². The van der Waals surface area contributed by atoms with Gasteiger partial charge in [-0.2, -0.15) is 0 Å². The SMILES string of the molecule is COCCOCCOCCOC(=O)c1cc(O)c(O)c(OC(=O)c2ccc(O)c(O)c2O)c1. The summed E-state index contributed by atoms with van der Waals surface area (Å²) >= 11 is 0. The molecule has 0 spiro atoms. The van der Waals surface area contributed by atoms with Crippen LogP contribution in [0.25, 0.3) is 0 Å². The number of carbonyl (C=O) groups is 2. The van der Waals surface area contributed by atoms with Crippen LogP contribution in [0.4, 0.5) is 0 Å². The molecule has 0 aliphatic rings. The van der Waals surface area contributed by atoms with Crippen molar-refractivity contribution in [2.45, 2.75) is 0 Å². The van der Waals surface area contributed by atoms with Crippen LogP contribution in [0, 0.1) is 0 Å². The van der Waals surface area contributed by atoms with E-state index in [4.69, 9.17) is 23.7 Å². The van der Waals surface area contributed by atoms with Crippen LogP contribution in [0.3, 0.4) is 0 Å². The Morgan fingerprint density at radius 2 is 1.36 bits per heavy atom. The van der Waals surface area contributed by atoms with E-state index in [2.05, 4.69) is 0 Å². The lowest BCUT2D eigenvalue weighted by molar-refractivity contribution is 0.00566. The van der Waals surface area contributed by atoms with Gasteiger partial charge < -0.3 is 49.2 Å². The van der Waals surface area contributed by atoms with Crippen LogP contribution >= 0.6 is 0 Å². The summed E-state index contributed by atoms with van der Waals surface area (Å²) in [5.41, 5.74) is -0.783. The molecule has 0 aliphatic carbocycles. The van der Waals surface area contributed by atoms with Crippen LogP contribution in [-0.4, -0.2) is 84.2 Å². The molecule has 0 saturated carbocycles. The first-order valence-electron chi connectivity index (χ1n) is 9.59. The van der Waals surface area contributed by atoms with E-state index in [0.717, 1.165) is 24.3 Å². The van der Waals surface area contributed by atoms with Crippen LogP contribution in [0.15, 0.2) is 24.3 Å². The van der Waals surface area contributed by atoms with E-state index >= 15 is 0 Å². The highest BCUT2D eigenvalue weighted by atomic mass is 16.6. The highest BCUT2D eigenvalue weighted by molar-refractivity contribution is 5.96. The number of phenolic OH excluding ortho intramolecular Hbond substituents is 5. The molecule has 12 heteroatoms. The minimum absolute atomic E-state index is 0.0783. The number of aromatic hydroxyl groups is 5. The maximum absolute atomic E-state index is 12.3. The fourth-order valence-corrected chi connectivity index (χ4v) is 2.42. The second-order valence-corrected chi connectivity index (χ2v) is 6.41. The molecule has 0 aliphatic heterocycles. The molecular formula is C21H24O12. The number of rotatable bonds is 12. The summed E-state index contributed by atoms with van der Waals surface area (Å²) in [7, 11) is 1.56. The Hall–Kier alpha value is -3.74. The summed E-state index contributed by atoms with van der Waals surface area (Å²) in [5.74, 6) is -6.94. The number of benzene rings is 2. The Morgan fingerprint density at radius 3 is 2.03 bits per heavy atom. The molecule has 0 unspecified atom stereocenters. The number of ether oxygens (including phenoxy) is 5. The standard InChI is InChI=1S/C21H24O12/c1-29-4-5-30-6-7-31-8-9-32-20(27)12-10-15(23)18(25)16(11-12)33-21(28)13-2-3-14(22)19(26)17(13)24/h2-3,10-11,22-26H,4-9H2,1H3. The van der Waals surface area contributed by atoms with Crippen molar-refractivity contribution in [3.63, 3.8) is 0 Å². The maximum Gasteiger partial charge on any atom is 0.347 e. The van der Waals surface area contributed by atoms with Crippen molar-refractivity contribution in [1.29, 1.82) is 0 Å². The van der Waals surface area contributed by atoms with E-state index in [1.165, 1.54) is 0 Å². The van der Waals surface area contributed by atoms with Crippen molar-refractivity contribution in [2.24, 2.45) is 0 Å². The van der Waals surface area contributed by atoms with Crippen LogP contribution in [-0.2, 0) is 18.9 Å². The van der Waals surface area contributed by atoms with Gasteiger partial charge in [0.15, 0.2) is 23.0 Å². The molecule has 0 radical (unpaired) electrons. The predicted molar refractivity (Wildman–Crippen MR) is 110 cm³/mol. The molecule has 0 amide bonds. The Balaban J connectivity index is 1.95. The first-order valence-corrected chi connectivity index (χ1v) is 9.59. The van der Waals surface area contributed by atoms with E-state index in [0.29, 0.717) is 19.8 Å². The summed E-state index contributed by atoms with van der Waals surface area (Å²) in [6, 6.07) is 3.75. The van der Waals surface area contributed by atoms with E-state index in [9.17, 15) is 35.1 Å². The van der Waals surface area contributed by atoms with E-state index in [-0.39, 0.29) is 25.4 Å². The van der Waals surface area contributed by atoms with Crippen LogP contribution in [0.1, 0.15) is 20.7 Å². The molecule has 5 N–H and O–H groups in total. The minimum atomic E-state index is -1.25.